The summed E-state index contributed by atoms with van der Waals surface area (Å²) in [5.74, 6) is 0.0624. The number of halogens is 2. The van der Waals surface area contributed by atoms with Crippen LogP contribution in [-0.2, 0) is 9.53 Å². The van der Waals surface area contributed by atoms with Crippen LogP contribution >= 0.6 is 23.2 Å². The minimum atomic E-state index is -0.612. The predicted molar refractivity (Wildman–Crippen MR) is 90.5 cm³/mol. The van der Waals surface area contributed by atoms with E-state index in [4.69, 9.17) is 27.9 Å². The molecule has 2 aromatic carbocycles. The van der Waals surface area contributed by atoms with Gasteiger partial charge < -0.3 is 4.74 Å². The van der Waals surface area contributed by atoms with Crippen LogP contribution in [0, 0.1) is 6.92 Å². The lowest BCUT2D eigenvalue weighted by Gasteiger charge is -2.20. The minimum Gasteiger partial charge on any atom is -0.446 e. The molecule has 3 rings (SSSR count). The Bertz CT molecular complexity index is 805. The zero-order valence-corrected chi connectivity index (χ0v) is 14.1. The van der Waals surface area contributed by atoms with Crippen LogP contribution in [-0.4, -0.2) is 16.8 Å². The monoisotopic (exact) mass is 348 g/mol. The van der Waals surface area contributed by atoms with Gasteiger partial charge in [-0.15, -0.1) is 5.10 Å². The number of benzene rings is 2. The number of hydrazone groups is 1. The third kappa shape index (κ3) is 2.92. The number of amides is 1. The number of carbonyl (C=O) groups is 1. The lowest BCUT2D eigenvalue weighted by molar-refractivity contribution is -0.135. The Kier molecular flexibility index (Phi) is 4.28. The number of hydrogen-bond donors (Lipinski definition) is 0. The molecule has 0 radical (unpaired) electrons. The Balaban J connectivity index is 2.03. The molecule has 4 nitrogen and oxygen atoms in total. The molecule has 0 aromatic heterocycles. The first-order valence-electron chi connectivity index (χ1n) is 7.04. The number of carbonyl (C=O) groups excluding carboxylic acids is 1. The summed E-state index contributed by atoms with van der Waals surface area (Å²) < 4.78 is 5.94. The second kappa shape index (κ2) is 6.22. The maximum absolute atomic E-state index is 11.9. The molecule has 1 amide bonds. The van der Waals surface area contributed by atoms with Crippen molar-refractivity contribution in [2.45, 2.75) is 20.1 Å². The maximum Gasteiger partial charge on any atom is 0.243 e. The van der Waals surface area contributed by atoms with E-state index in [0.717, 1.165) is 11.1 Å². The zero-order valence-electron chi connectivity index (χ0n) is 12.6. The summed E-state index contributed by atoms with van der Waals surface area (Å²) in [6.45, 7) is 3.40. The van der Waals surface area contributed by atoms with Gasteiger partial charge in [0.05, 0.1) is 15.6 Å². The Morgan fingerprint density at radius 3 is 2.61 bits per heavy atom. The third-order valence-electron chi connectivity index (χ3n) is 3.60. The molecule has 1 unspecified atom stereocenters. The van der Waals surface area contributed by atoms with Gasteiger partial charge in [0.25, 0.3) is 0 Å². The van der Waals surface area contributed by atoms with Crippen molar-refractivity contribution in [3.8, 4) is 0 Å². The summed E-state index contributed by atoms with van der Waals surface area (Å²) >= 11 is 12.3. The Morgan fingerprint density at radius 2 is 1.91 bits per heavy atom. The summed E-state index contributed by atoms with van der Waals surface area (Å²) in [7, 11) is 0. The molecular weight excluding hydrogens is 335 g/mol. The highest BCUT2D eigenvalue weighted by Crippen LogP contribution is 2.35. The van der Waals surface area contributed by atoms with Crippen LogP contribution in [0.1, 0.15) is 29.8 Å². The summed E-state index contributed by atoms with van der Waals surface area (Å²) in [5.41, 5.74) is 2.44. The molecular formula is C17H14Cl2N2O2. The van der Waals surface area contributed by atoms with E-state index in [1.54, 1.807) is 18.2 Å². The molecule has 0 spiro atoms. The van der Waals surface area contributed by atoms with E-state index in [1.807, 2.05) is 31.2 Å². The molecule has 6 heteroatoms. The average Bonchev–Trinajstić information content (AvgIpc) is 2.95. The quantitative estimate of drug-likeness (QED) is 0.799. The standard InChI is InChI=1S/C17H14Cl2N2O2/c1-10-6-3-4-7-12(10)17-21(11(2)22)20-16(23-17)13-8-5-9-14(18)15(13)19/h3-9,17H,1-2H3. The van der Waals surface area contributed by atoms with Crippen LogP contribution in [0.4, 0.5) is 0 Å². The van der Waals surface area contributed by atoms with Crippen molar-refractivity contribution in [2.24, 2.45) is 5.10 Å². The Morgan fingerprint density at radius 1 is 1.17 bits per heavy atom. The molecule has 0 fully saturated rings. The molecule has 118 valence electrons. The summed E-state index contributed by atoms with van der Waals surface area (Å²) in [6, 6.07) is 12.9. The van der Waals surface area contributed by atoms with E-state index < -0.39 is 6.23 Å². The molecule has 0 N–H and O–H groups in total. The van der Waals surface area contributed by atoms with E-state index in [1.165, 1.54) is 11.9 Å². The van der Waals surface area contributed by atoms with E-state index in [2.05, 4.69) is 5.10 Å². The Labute approximate surface area is 144 Å². The second-order valence-electron chi connectivity index (χ2n) is 5.20. The fraction of sp³-hybridized carbons (Fsp3) is 0.176. The molecule has 1 heterocycles. The molecule has 1 aliphatic heterocycles. The minimum absolute atomic E-state index is 0.216. The lowest BCUT2D eigenvalue weighted by atomic mass is 10.1. The molecule has 0 aliphatic carbocycles. The lowest BCUT2D eigenvalue weighted by Crippen LogP contribution is -2.25. The van der Waals surface area contributed by atoms with Gasteiger partial charge in [0.15, 0.2) is 0 Å². The van der Waals surface area contributed by atoms with Crippen molar-refractivity contribution in [3.05, 3.63) is 69.2 Å². The number of hydrogen-bond acceptors (Lipinski definition) is 3. The molecule has 1 aliphatic rings. The molecule has 0 saturated carbocycles. The summed E-state index contributed by atoms with van der Waals surface area (Å²) in [4.78, 5) is 11.9. The van der Waals surface area contributed by atoms with Crippen LogP contribution in [0.3, 0.4) is 0 Å². The molecule has 0 saturated heterocycles. The fourth-order valence-corrected chi connectivity index (χ4v) is 2.79. The number of rotatable bonds is 2. The van der Waals surface area contributed by atoms with Crippen molar-refractivity contribution in [1.29, 1.82) is 0 Å². The largest absolute Gasteiger partial charge is 0.446 e. The van der Waals surface area contributed by atoms with Gasteiger partial charge in [-0.05, 0) is 24.6 Å². The van der Waals surface area contributed by atoms with E-state index in [9.17, 15) is 4.79 Å². The van der Waals surface area contributed by atoms with Gasteiger partial charge >= 0.3 is 0 Å². The van der Waals surface area contributed by atoms with Gasteiger partial charge in [-0.1, -0.05) is 53.5 Å². The Hall–Kier alpha value is -2.04. The van der Waals surface area contributed by atoms with Crippen LogP contribution < -0.4 is 0 Å². The average molecular weight is 349 g/mol. The van der Waals surface area contributed by atoms with Crippen LogP contribution in [0.5, 0.6) is 0 Å². The van der Waals surface area contributed by atoms with Crippen molar-refractivity contribution in [1.82, 2.24) is 5.01 Å². The van der Waals surface area contributed by atoms with E-state index in [-0.39, 0.29) is 11.8 Å². The number of ether oxygens (including phenoxy) is 1. The number of nitrogens with zero attached hydrogens (tertiary/aromatic N) is 2. The van der Waals surface area contributed by atoms with E-state index >= 15 is 0 Å². The van der Waals surface area contributed by atoms with Gasteiger partial charge in [-0.25, -0.2) is 0 Å². The van der Waals surface area contributed by atoms with Crippen molar-refractivity contribution in [2.75, 3.05) is 0 Å². The van der Waals surface area contributed by atoms with Crippen LogP contribution in [0.15, 0.2) is 47.6 Å². The van der Waals surface area contributed by atoms with Gasteiger partial charge in [-0.2, -0.15) is 5.01 Å². The van der Waals surface area contributed by atoms with Gasteiger partial charge in [0.1, 0.15) is 0 Å². The first-order chi connectivity index (χ1) is 11.0. The second-order valence-corrected chi connectivity index (χ2v) is 5.98. The first-order valence-corrected chi connectivity index (χ1v) is 7.79. The molecule has 1 atom stereocenters. The van der Waals surface area contributed by atoms with Crippen LogP contribution in [0.2, 0.25) is 10.0 Å². The van der Waals surface area contributed by atoms with Crippen molar-refractivity contribution >= 4 is 35.0 Å². The van der Waals surface area contributed by atoms with Gasteiger partial charge in [0, 0.05) is 12.5 Å². The highest BCUT2D eigenvalue weighted by Gasteiger charge is 2.34. The molecule has 0 bridgehead atoms. The molecule has 2 aromatic rings. The summed E-state index contributed by atoms with van der Waals surface area (Å²) in [6.07, 6.45) is -0.612. The van der Waals surface area contributed by atoms with Crippen molar-refractivity contribution < 1.29 is 9.53 Å². The summed E-state index contributed by atoms with van der Waals surface area (Å²) in [5, 5.41) is 6.36. The van der Waals surface area contributed by atoms with Crippen LogP contribution in [0.25, 0.3) is 0 Å². The highest BCUT2D eigenvalue weighted by atomic mass is 35.5. The maximum atomic E-state index is 11.9. The predicted octanol–water partition coefficient (Wildman–Crippen LogP) is 4.54. The third-order valence-corrected chi connectivity index (χ3v) is 4.42. The smallest absolute Gasteiger partial charge is 0.243 e. The van der Waals surface area contributed by atoms with Gasteiger partial charge in [-0.3, -0.25) is 4.79 Å². The molecule has 23 heavy (non-hydrogen) atoms. The highest BCUT2D eigenvalue weighted by molar-refractivity contribution is 6.43. The zero-order chi connectivity index (χ0) is 16.6. The van der Waals surface area contributed by atoms with Crippen molar-refractivity contribution in [3.63, 3.8) is 0 Å². The SMILES string of the molecule is CC(=O)N1N=C(c2cccc(Cl)c2Cl)OC1c1ccccc1C. The first kappa shape index (κ1) is 15.8. The number of aryl methyl sites for hydroxylation is 1. The topological polar surface area (TPSA) is 41.9 Å². The van der Waals surface area contributed by atoms with E-state index in [0.29, 0.717) is 15.6 Å². The fourth-order valence-electron chi connectivity index (χ4n) is 2.41. The normalized spacial score (nSPS) is 17.0. The van der Waals surface area contributed by atoms with Gasteiger partial charge in [0.2, 0.25) is 18.0 Å².